The molecular weight excluding hydrogens is 437 g/mol. The molecule has 0 unspecified atom stereocenters. The average molecular weight is 456 g/mol. The molecule has 0 saturated carbocycles. The van der Waals surface area contributed by atoms with E-state index in [4.69, 9.17) is 5.41 Å². The van der Waals surface area contributed by atoms with E-state index >= 15 is 0 Å². The average Bonchev–Trinajstić information content (AvgIpc) is 3.07. The second-order valence-electron chi connectivity index (χ2n) is 6.45. The number of nitrogens with zero attached hydrogens (tertiary/aromatic N) is 3. The Labute approximate surface area is 176 Å². The van der Waals surface area contributed by atoms with Gasteiger partial charge >= 0.3 is 15.6 Å². The number of halogens is 3. The molecule has 1 aliphatic carbocycles. The molecule has 31 heavy (non-hydrogen) atoms. The van der Waals surface area contributed by atoms with E-state index in [1.807, 2.05) is 18.2 Å². The lowest BCUT2D eigenvalue weighted by atomic mass is 10.0. The van der Waals surface area contributed by atoms with E-state index in [0.29, 0.717) is 17.7 Å². The van der Waals surface area contributed by atoms with E-state index in [-0.39, 0.29) is 17.2 Å². The highest BCUT2D eigenvalue weighted by Crippen LogP contribution is 2.33. The predicted molar refractivity (Wildman–Crippen MR) is 110 cm³/mol. The minimum absolute atomic E-state index is 0.00922. The molecule has 3 rings (SSSR count). The fourth-order valence-corrected chi connectivity index (χ4v) is 3.29. The topological polar surface area (TPSA) is 122 Å². The van der Waals surface area contributed by atoms with Gasteiger partial charge in [0, 0.05) is 32.4 Å². The van der Waals surface area contributed by atoms with Crippen molar-refractivity contribution in [2.45, 2.75) is 18.3 Å². The van der Waals surface area contributed by atoms with Crippen molar-refractivity contribution in [2.75, 3.05) is 17.7 Å². The third-order valence-corrected chi connectivity index (χ3v) is 5.28. The summed E-state index contributed by atoms with van der Waals surface area (Å²) in [5, 5.41) is 17.3. The standard InChI is InChI=1S/C18H19F3N6O3S/c1-23-17-12(10-22)14(30-31(28,29)18(19,20)21)9-15(25-17)24-16-8-13(26-27(16)2)11-6-4-3-5-7-11/h4,6-10,22H,3,5H2,1-2H3,(H2,23,24,25). The number of aryl methyl sites for hydroxylation is 1. The largest absolute Gasteiger partial charge is 0.534 e. The first-order valence-electron chi connectivity index (χ1n) is 8.98. The Morgan fingerprint density at radius 1 is 1.29 bits per heavy atom. The number of hydrogen-bond acceptors (Lipinski definition) is 8. The molecule has 166 valence electrons. The maximum absolute atomic E-state index is 12.8. The van der Waals surface area contributed by atoms with Crippen LogP contribution in [0.25, 0.3) is 5.57 Å². The van der Waals surface area contributed by atoms with Crippen LogP contribution in [0.2, 0.25) is 0 Å². The van der Waals surface area contributed by atoms with Crippen LogP contribution in [0, 0.1) is 5.41 Å². The van der Waals surface area contributed by atoms with Crippen molar-refractivity contribution in [1.29, 1.82) is 5.41 Å². The summed E-state index contributed by atoms with van der Waals surface area (Å²) >= 11 is 0. The van der Waals surface area contributed by atoms with Crippen LogP contribution >= 0.6 is 0 Å². The lowest BCUT2D eigenvalue weighted by molar-refractivity contribution is -0.0500. The number of nitrogens with one attached hydrogen (secondary N) is 3. The lowest BCUT2D eigenvalue weighted by Gasteiger charge is -2.15. The Balaban J connectivity index is 1.99. The fourth-order valence-electron chi connectivity index (χ4n) is 2.82. The van der Waals surface area contributed by atoms with Crippen LogP contribution in [0.4, 0.5) is 30.6 Å². The molecule has 1 aliphatic rings. The molecule has 0 bridgehead atoms. The van der Waals surface area contributed by atoms with Crippen molar-refractivity contribution in [3.63, 3.8) is 0 Å². The van der Waals surface area contributed by atoms with Gasteiger partial charge in [-0.15, -0.1) is 0 Å². The van der Waals surface area contributed by atoms with Gasteiger partial charge in [0.2, 0.25) is 0 Å². The van der Waals surface area contributed by atoms with Crippen LogP contribution in [0.3, 0.4) is 0 Å². The minimum atomic E-state index is -5.94. The molecule has 0 amide bonds. The molecule has 0 atom stereocenters. The summed E-state index contributed by atoms with van der Waals surface area (Å²) in [5.41, 5.74) is -4.27. The zero-order chi connectivity index (χ0) is 22.8. The molecule has 2 aromatic heterocycles. The van der Waals surface area contributed by atoms with Crippen LogP contribution < -0.4 is 14.8 Å². The highest BCUT2D eigenvalue weighted by atomic mass is 32.2. The predicted octanol–water partition coefficient (Wildman–Crippen LogP) is 3.56. The first kappa shape index (κ1) is 22.3. The van der Waals surface area contributed by atoms with Gasteiger partial charge in [-0.2, -0.15) is 26.7 Å². The van der Waals surface area contributed by atoms with Gasteiger partial charge in [-0.1, -0.05) is 18.2 Å². The van der Waals surface area contributed by atoms with Gasteiger partial charge in [-0.3, -0.25) is 4.68 Å². The number of aromatic nitrogens is 3. The molecule has 0 spiro atoms. The Bertz CT molecular complexity index is 1170. The van der Waals surface area contributed by atoms with Crippen LogP contribution in [-0.2, 0) is 17.2 Å². The monoisotopic (exact) mass is 456 g/mol. The van der Waals surface area contributed by atoms with Crippen molar-refractivity contribution in [1.82, 2.24) is 14.8 Å². The van der Waals surface area contributed by atoms with Gasteiger partial charge in [-0.25, -0.2) is 4.98 Å². The Morgan fingerprint density at radius 2 is 2.03 bits per heavy atom. The van der Waals surface area contributed by atoms with Gasteiger partial charge in [0.05, 0.1) is 11.3 Å². The zero-order valence-corrected chi connectivity index (χ0v) is 17.3. The smallest absolute Gasteiger partial charge is 0.375 e. The summed E-state index contributed by atoms with van der Waals surface area (Å²) in [6.45, 7) is 0. The molecule has 2 heterocycles. The first-order valence-corrected chi connectivity index (χ1v) is 10.4. The summed E-state index contributed by atoms with van der Waals surface area (Å²) in [6, 6.07) is 2.69. The third kappa shape index (κ3) is 4.71. The van der Waals surface area contributed by atoms with E-state index in [1.54, 1.807) is 13.1 Å². The minimum Gasteiger partial charge on any atom is -0.375 e. The number of pyridine rings is 1. The van der Waals surface area contributed by atoms with Gasteiger partial charge in [0.1, 0.15) is 17.5 Å². The van der Waals surface area contributed by atoms with Crippen molar-refractivity contribution in [3.05, 3.63) is 41.6 Å². The molecule has 0 fully saturated rings. The van der Waals surface area contributed by atoms with E-state index in [0.717, 1.165) is 24.5 Å². The van der Waals surface area contributed by atoms with E-state index in [1.165, 1.54) is 11.7 Å². The van der Waals surface area contributed by atoms with E-state index in [2.05, 4.69) is 24.9 Å². The third-order valence-electron chi connectivity index (χ3n) is 4.31. The van der Waals surface area contributed by atoms with Gasteiger partial charge < -0.3 is 20.2 Å². The SMILES string of the molecule is CNc1nc(Nc2cc(C3=CCCC=C3)nn2C)cc(OS(=O)(=O)C(F)(F)F)c1C=N. The van der Waals surface area contributed by atoms with Crippen molar-refractivity contribution in [3.8, 4) is 5.75 Å². The van der Waals surface area contributed by atoms with Crippen LogP contribution in [0.1, 0.15) is 24.1 Å². The number of anilines is 3. The molecular formula is C18H19F3N6O3S. The molecule has 0 radical (unpaired) electrons. The summed E-state index contributed by atoms with van der Waals surface area (Å²) in [6.07, 6.45) is 8.49. The second-order valence-corrected chi connectivity index (χ2v) is 7.99. The van der Waals surface area contributed by atoms with E-state index < -0.39 is 21.4 Å². The maximum Gasteiger partial charge on any atom is 0.534 e. The quantitative estimate of drug-likeness (QED) is 0.331. The van der Waals surface area contributed by atoms with Crippen LogP contribution in [-0.4, -0.2) is 42.0 Å². The second kappa shape index (κ2) is 8.41. The summed E-state index contributed by atoms with van der Waals surface area (Å²) < 4.78 is 67.1. The molecule has 3 N–H and O–H groups in total. The summed E-state index contributed by atoms with van der Waals surface area (Å²) in [5.74, 6) is -0.302. The number of alkyl halides is 3. The van der Waals surface area contributed by atoms with Gasteiger partial charge in [0.15, 0.2) is 5.75 Å². The lowest BCUT2D eigenvalue weighted by Crippen LogP contribution is -2.28. The molecule has 0 aromatic carbocycles. The highest BCUT2D eigenvalue weighted by Gasteiger charge is 2.49. The molecule has 0 saturated heterocycles. The molecule has 0 aliphatic heterocycles. The summed E-state index contributed by atoms with van der Waals surface area (Å²) in [7, 11) is -2.85. The Hall–Kier alpha value is -3.35. The van der Waals surface area contributed by atoms with Crippen molar-refractivity contribution < 1.29 is 25.8 Å². The first-order chi connectivity index (χ1) is 14.6. The number of rotatable bonds is 7. The van der Waals surface area contributed by atoms with E-state index in [9.17, 15) is 21.6 Å². The van der Waals surface area contributed by atoms with Crippen LogP contribution in [0.5, 0.6) is 5.75 Å². The molecule has 13 heteroatoms. The fraction of sp³-hybridized carbons (Fsp3) is 0.278. The maximum atomic E-state index is 12.8. The Kier molecular flexibility index (Phi) is 6.06. The highest BCUT2D eigenvalue weighted by molar-refractivity contribution is 7.88. The van der Waals surface area contributed by atoms with Crippen molar-refractivity contribution in [2.24, 2.45) is 7.05 Å². The molecule has 9 nitrogen and oxygen atoms in total. The number of hydrogen-bond donors (Lipinski definition) is 3. The molecule has 2 aromatic rings. The Morgan fingerprint density at radius 3 is 2.61 bits per heavy atom. The van der Waals surface area contributed by atoms with Crippen LogP contribution in [0.15, 0.2) is 30.4 Å². The normalized spacial score (nSPS) is 14.2. The summed E-state index contributed by atoms with van der Waals surface area (Å²) in [4.78, 5) is 4.17. The van der Waals surface area contributed by atoms with Crippen molar-refractivity contribution >= 4 is 39.4 Å². The van der Waals surface area contributed by atoms with Gasteiger partial charge in [0.25, 0.3) is 0 Å². The zero-order valence-electron chi connectivity index (χ0n) is 16.5. The van der Waals surface area contributed by atoms with Gasteiger partial charge in [-0.05, 0) is 18.4 Å². The number of allylic oxidation sites excluding steroid dienone is 4.